The zero-order valence-corrected chi connectivity index (χ0v) is 21.1. The number of aromatic amines is 2. The Hall–Kier alpha value is -4.37. The van der Waals surface area contributed by atoms with Crippen molar-refractivity contribution in [1.29, 1.82) is 0 Å². The molecule has 1 aliphatic rings. The topological polar surface area (TPSA) is 99.3 Å². The highest BCUT2D eigenvalue weighted by molar-refractivity contribution is 7.13. The van der Waals surface area contributed by atoms with Gasteiger partial charge >= 0.3 is 0 Å². The van der Waals surface area contributed by atoms with Crippen LogP contribution in [0.3, 0.4) is 0 Å². The Morgan fingerprint density at radius 1 is 0.947 bits per heavy atom. The summed E-state index contributed by atoms with van der Waals surface area (Å²) in [4.78, 5) is 25.7. The van der Waals surface area contributed by atoms with Crippen molar-refractivity contribution in [3.05, 3.63) is 72.3 Å². The van der Waals surface area contributed by atoms with E-state index in [1.165, 1.54) is 6.07 Å². The van der Waals surface area contributed by atoms with Crippen LogP contribution in [0.25, 0.3) is 54.9 Å². The first-order valence-corrected chi connectivity index (χ1v) is 13.4. The van der Waals surface area contributed by atoms with E-state index in [1.54, 1.807) is 24.7 Å². The molecule has 38 heavy (non-hydrogen) atoms. The third kappa shape index (κ3) is 4.05. The van der Waals surface area contributed by atoms with Crippen LogP contribution in [0.5, 0.6) is 0 Å². The molecule has 0 radical (unpaired) electrons. The van der Waals surface area contributed by atoms with Gasteiger partial charge in [-0.3, -0.25) is 19.9 Å². The Kier molecular flexibility index (Phi) is 5.51. The number of rotatable bonds is 5. The average molecular weight is 523 g/mol. The van der Waals surface area contributed by atoms with E-state index in [-0.39, 0.29) is 17.0 Å². The maximum absolute atomic E-state index is 13.7. The predicted octanol–water partition coefficient (Wildman–Crippen LogP) is 7.16. The summed E-state index contributed by atoms with van der Waals surface area (Å²) in [6.07, 6.45) is 9.35. The standard InChI is InChI=1S/C29H23FN6OS/c30-26-8-7-25(38-26)28-21-13-24(34-22(21)9-10-32-28)27-20-12-17(5-6-23(20)35-36-27)18-11-19(15-31-14-18)33-29(37)16-3-1-2-4-16/h5-16,34H,1-4H2,(H,33,37)(H,35,36). The molecule has 0 atom stereocenters. The molecule has 5 heterocycles. The number of aromatic nitrogens is 5. The van der Waals surface area contributed by atoms with Crippen LogP contribution in [0.1, 0.15) is 25.7 Å². The van der Waals surface area contributed by atoms with Crippen molar-refractivity contribution < 1.29 is 9.18 Å². The van der Waals surface area contributed by atoms with E-state index in [0.717, 1.165) is 91.9 Å². The molecular formula is C29H23FN6OS. The van der Waals surface area contributed by atoms with Crippen molar-refractivity contribution in [2.75, 3.05) is 5.32 Å². The second-order valence-corrected chi connectivity index (χ2v) is 10.7. The van der Waals surface area contributed by atoms with E-state index in [1.807, 2.05) is 30.3 Å². The van der Waals surface area contributed by atoms with Gasteiger partial charge in [0, 0.05) is 40.2 Å². The number of H-pyrrole nitrogens is 2. The summed E-state index contributed by atoms with van der Waals surface area (Å²) in [5, 5.41) is 12.4. The number of nitrogens with one attached hydrogen (secondary N) is 3. The van der Waals surface area contributed by atoms with Crippen molar-refractivity contribution in [2.45, 2.75) is 25.7 Å². The van der Waals surface area contributed by atoms with Gasteiger partial charge in [-0.25, -0.2) is 0 Å². The molecule has 1 aromatic carbocycles. The minimum Gasteiger partial charge on any atom is -0.353 e. The van der Waals surface area contributed by atoms with E-state index in [4.69, 9.17) is 0 Å². The zero-order valence-electron chi connectivity index (χ0n) is 20.3. The Labute approximate surface area is 221 Å². The van der Waals surface area contributed by atoms with Crippen LogP contribution < -0.4 is 5.32 Å². The smallest absolute Gasteiger partial charge is 0.227 e. The van der Waals surface area contributed by atoms with Gasteiger partial charge in [-0.15, -0.1) is 11.3 Å². The zero-order chi connectivity index (χ0) is 25.6. The van der Waals surface area contributed by atoms with Gasteiger partial charge in [0.2, 0.25) is 5.91 Å². The summed E-state index contributed by atoms with van der Waals surface area (Å²) in [5.41, 5.74) is 6.74. The Bertz CT molecular complexity index is 1810. The van der Waals surface area contributed by atoms with E-state index in [2.05, 4.69) is 36.5 Å². The fourth-order valence-corrected chi connectivity index (χ4v) is 6.06. The summed E-state index contributed by atoms with van der Waals surface area (Å²) in [5.74, 6) is 0.168. The largest absolute Gasteiger partial charge is 0.353 e. The van der Waals surface area contributed by atoms with Gasteiger partial charge in [0.1, 0.15) is 5.69 Å². The van der Waals surface area contributed by atoms with Crippen LogP contribution in [0, 0.1) is 11.0 Å². The molecule has 7 nitrogen and oxygen atoms in total. The van der Waals surface area contributed by atoms with Gasteiger partial charge in [-0.2, -0.15) is 9.49 Å². The minimum atomic E-state index is -0.239. The van der Waals surface area contributed by atoms with E-state index in [0.29, 0.717) is 5.69 Å². The summed E-state index contributed by atoms with van der Waals surface area (Å²) >= 11 is 1.08. The van der Waals surface area contributed by atoms with Gasteiger partial charge in [0.15, 0.2) is 5.13 Å². The number of carbonyl (C=O) groups excluding carboxylic acids is 1. The lowest BCUT2D eigenvalue weighted by atomic mass is 10.0. The molecule has 6 aromatic rings. The highest BCUT2D eigenvalue weighted by atomic mass is 32.1. The average Bonchev–Trinajstić information content (AvgIpc) is 3.74. The first-order chi connectivity index (χ1) is 18.6. The van der Waals surface area contributed by atoms with Crippen LogP contribution in [0.4, 0.5) is 10.1 Å². The number of hydrogen-bond acceptors (Lipinski definition) is 5. The molecule has 3 N–H and O–H groups in total. The first-order valence-electron chi connectivity index (χ1n) is 12.6. The van der Waals surface area contributed by atoms with Crippen LogP contribution in [0.2, 0.25) is 0 Å². The Balaban J connectivity index is 1.24. The lowest BCUT2D eigenvalue weighted by molar-refractivity contribution is -0.119. The van der Waals surface area contributed by atoms with E-state index in [9.17, 15) is 9.18 Å². The minimum absolute atomic E-state index is 0.0759. The molecule has 1 saturated carbocycles. The van der Waals surface area contributed by atoms with Crippen molar-refractivity contribution in [3.63, 3.8) is 0 Å². The summed E-state index contributed by atoms with van der Waals surface area (Å²) in [6.45, 7) is 0. The second kappa shape index (κ2) is 9.18. The fourth-order valence-electron chi connectivity index (χ4n) is 5.32. The maximum atomic E-state index is 13.7. The first kappa shape index (κ1) is 22.8. The van der Waals surface area contributed by atoms with Crippen molar-refractivity contribution in [3.8, 4) is 33.1 Å². The van der Waals surface area contributed by atoms with Gasteiger partial charge < -0.3 is 10.3 Å². The molecule has 0 aliphatic heterocycles. The number of nitrogens with zero attached hydrogens (tertiary/aromatic N) is 3. The number of benzene rings is 1. The molecule has 9 heteroatoms. The molecule has 188 valence electrons. The molecular weight excluding hydrogens is 499 g/mol. The third-order valence-electron chi connectivity index (χ3n) is 7.24. The number of halogens is 1. The molecule has 1 fully saturated rings. The lowest BCUT2D eigenvalue weighted by Crippen LogP contribution is -2.20. The molecule has 0 unspecified atom stereocenters. The summed E-state index contributed by atoms with van der Waals surface area (Å²) in [7, 11) is 0. The Morgan fingerprint density at radius 2 is 1.82 bits per heavy atom. The number of hydrogen-bond donors (Lipinski definition) is 3. The Morgan fingerprint density at radius 3 is 2.66 bits per heavy atom. The van der Waals surface area contributed by atoms with Crippen molar-refractivity contribution in [1.82, 2.24) is 25.1 Å². The SMILES string of the molecule is O=C(Nc1cncc(-c2ccc3[nH]nc(-c4cc5c(-c6ccc(F)s6)nccc5[nH]4)c3c2)c1)C1CCCC1. The maximum Gasteiger partial charge on any atom is 0.227 e. The van der Waals surface area contributed by atoms with E-state index < -0.39 is 0 Å². The van der Waals surface area contributed by atoms with Crippen molar-refractivity contribution in [2.24, 2.45) is 5.92 Å². The van der Waals surface area contributed by atoms with Gasteiger partial charge in [0.25, 0.3) is 0 Å². The molecule has 0 spiro atoms. The van der Waals surface area contributed by atoms with Crippen LogP contribution in [-0.4, -0.2) is 31.1 Å². The molecule has 5 aromatic heterocycles. The number of fused-ring (bicyclic) bond motifs is 2. The van der Waals surface area contributed by atoms with E-state index >= 15 is 0 Å². The summed E-state index contributed by atoms with van der Waals surface area (Å²) in [6, 6.07) is 15.2. The van der Waals surface area contributed by atoms with Crippen LogP contribution >= 0.6 is 11.3 Å². The fraction of sp³-hybridized carbons (Fsp3) is 0.172. The summed E-state index contributed by atoms with van der Waals surface area (Å²) < 4.78 is 13.7. The van der Waals surface area contributed by atoms with Crippen molar-refractivity contribution >= 4 is 44.7 Å². The van der Waals surface area contributed by atoms with Gasteiger partial charge in [-0.05, 0) is 60.9 Å². The highest BCUT2D eigenvalue weighted by Gasteiger charge is 2.23. The van der Waals surface area contributed by atoms with Gasteiger partial charge in [-0.1, -0.05) is 18.9 Å². The molecule has 0 saturated heterocycles. The molecule has 7 rings (SSSR count). The number of anilines is 1. The van der Waals surface area contributed by atoms with Crippen LogP contribution in [0.15, 0.2) is 67.1 Å². The quantitative estimate of drug-likeness (QED) is 0.224. The second-order valence-electron chi connectivity index (χ2n) is 9.67. The number of carbonyl (C=O) groups is 1. The van der Waals surface area contributed by atoms with Crippen LogP contribution in [-0.2, 0) is 4.79 Å². The molecule has 0 bridgehead atoms. The normalized spacial score (nSPS) is 14.0. The number of thiophene rings is 1. The highest BCUT2D eigenvalue weighted by Crippen LogP contribution is 2.36. The molecule has 1 aliphatic carbocycles. The third-order valence-corrected chi connectivity index (χ3v) is 8.12. The number of amides is 1. The lowest BCUT2D eigenvalue weighted by Gasteiger charge is -2.11. The predicted molar refractivity (Wildman–Crippen MR) is 148 cm³/mol. The number of pyridine rings is 2. The monoisotopic (exact) mass is 522 g/mol. The molecule has 1 amide bonds. The van der Waals surface area contributed by atoms with Gasteiger partial charge in [0.05, 0.1) is 33.7 Å².